The number of hydrogen-bond donors (Lipinski definition) is 3. The minimum Gasteiger partial charge on any atom is -0.392 e. The van der Waals surface area contributed by atoms with Crippen molar-refractivity contribution < 1.29 is 19.7 Å². The van der Waals surface area contributed by atoms with E-state index in [1.54, 1.807) is 7.11 Å². The Labute approximate surface area is 162 Å². The number of unbranched alkanes of at least 4 members (excludes halogenated alkanes) is 2. The molecule has 5 atom stereocenters. The number of hydrogen-bond acceptors (Lipinski definition) is 5. The summed E-state index contributed by atoms with van der Waals surface area (Å²) < 4.78 is 5.74. The van der Waals surface area contributed by atoms with Crippen molar-refractivity contribution in [2.24, 2.45) is 16.8 Å². The van der Waals surface area contributed by atoms with Gasteiger partial charge in [-0.1, -0.05) is 38.3 Å². The van der Waals surface area contributed by atoms with Crippen LogP contribution in [0.5, 0.6) is 0 Å². The molecule has 0 radical (unpaired) electrons. The van der Waals surface area contributed by atoms with E-state index in [4.69, 9.17) is 9.73 Å². The lowest BCUT2D eigenvalue weighted by atomic mass is 9.87. The van der Waals surface area contributed by atoms with E-state index in [1.165, 1.54) is 0 Å². The molecule has 0 aromatic heterocycles. The van der Waals surface area contributed by atoms with Gasteiger partial charge in [0.05, 0.1) is 12.2 Å². The van der Waals surface area contributed by atoms with Crippen LogP contribution in [0.25, 0.3) is 0 Å². The SMILES string of the molecule is CCCCCC(O)C=CC1C(O)CC2(OC)N=C(CCCC(=O)S)CC12. The van der Waals surface area contributed by atoms with E-state index in [1.807, 2.05) is 12.2 Å². The number of aliphatic imine (C=N–C) groups is 1. The summed E-state index contributed by atoms with van der Waals surface area (Å²) in [6, 6.07) is 0. The molecule has 2 aliphatic rings. The second-order valence-corrected chi connectivity index (χ2v) is 8.08. The molecule has 1 fully saturated rings. The minimum absolute atomic E-state index is 0.0662. The highest BCUT2D eigenvalue weighted by Crippen LogP contribution is 2.50. The normalized spacial score (nSPS) is 32.0. The van der Waals surface area contributed by atoms with Crippen LogP contribution in [0.1, 0.15) is 64.7 Å². The Morgan fingerprint density at radius 2 is 2.23 bits per heavy atom. The van der Waals surface area contributed by atoms with Gasteiger partial charge >= 0.3 is 0 Å². The molecule has 2 rings (SSSR count). The first kappa shape index (κ1) is 21.6. The van der Waals surface area contributed by atoms with Crippen molar-refractivity contribution in [1.29, 1.82) is 0 Å². The highest BCUT2D eigenvalue weighted by Gasteiger charge is 2.56. The molecule has 0 amide bonds. The predicted octanol–water partition coefficient (Wildman–Crippen LogP) is 3.29. The van der Waals surface area contributed by atoms with E-state index in [0.29, 0.717) is 12.8 Å². The molecule has 0 bridgehead atoms. The van der Waals surface area contributed by atoms with E-state index >= 15 is 0 Å². The summed E-state index contributed by atoms with van der Waals surface area (Å²) in [6.07, 6.45) is 10.0. The summed E-state index contributed by atoms with van der Waals surface area (Å²) in [5, 5.41) is 20.6. The molecule has 1 saturated carbocycles. The number of aliphatic hydroxyl groups is 2. The number of nitrogens with zero attached hydrogens (tertiary/aromatic N) is 1. The monoisotopic (exact) mass is 383 g/mol. The fraction of sp³-hybridized carbons (Fsp3) is 0.800. The number of methoxy groups -OCH3 is 1. The number of carbonyl (C=O) groups excluding carboxylic acids is 1. The van der Waals surface area contributed by atoms with Gasteiger partial charge in [-0.2, -0.15) is 0 Å². The van der Waals surface area contributed by atoms with Crippen molar-refractivity contribution in [3.8, 4) is 0 Å². The summed E-state index contributed by atoms with van der Waals surface area (Å²) in [6.45, 7) is 2.14. The van der Waals surface area contributed by atoms with E-state index in [0.717, 1.165) is 50.7 Å². The van der Waals surface area contributed by atoms with Gasteiger partial charge in [0.25, 0.3) is 0 Å². The third kappa shape index (κ3) is 5.41. The van der Waals surface area contributed by atoms with Crippen LogP contribution in [0.15, 0.2) is 17.1 Å². The molecule has 2 N–H and O–H groups in total. The summed E-state index contributed by atoms with van der Waals surface area (Å²) >= 11 is 3.81. The van der Waals surface area contributed by atoms with Crippen molar-refractivity contribution in [2.75, 3.05) is 7.11 Å². The zero-order valence-corrected chi connectivity index (χ0v) is 16.8. The molecule has 1 aliphatic heterocycles. The number of ether oxygens (including phenoxy) is 1. The van der Waals surface area contributed by atoms with E-state index in [2.05, 4.69) is 19.6 Å². The summed E-state index contributed by atoms with van der Waals surface area (Å²) in [4.78, 5) is 15.8. The maximum absolute atomic E-state index is 11.0. The Morgan fingerprint density at radius 3 is 2.88 bits per heavy atom. The lowest BCUT2D eigenvalue weighted by molar-refractivity contribution is -0.110. The highest BCUT2D eigenvalue weighted by molar-refractivity contribution is 7.96. The first-order valence-corrected chi connectivity index (χ1v) is 10.3. The maximum Gasteiger partial charge on any atom is 0.185 e. The number of carbonyl (C=O) groups is 1. The Morgan fingerprint density at radius 1 is 1.46 bits per heavy atom. The van der Waals surface area contributed by atoms with Crippen LogP contribution in [0.4, 0.5) is 0 Å². The lowest BCUT2D eigenvalue weighted by Gasteiger charge is -2.26. The molecule has 6 heteroatoms. The zero-order chi connectivity index (χ0) is 19.2. The van der Waals surface area contributed by atoms with Crippen LogP contribution < -0.4 is 0 Å². The Kier molecular flexibility index (Phi) is 8.33. The molecule has 1 heterocycles. The average Bonchev–Trinajstić information content (AvgIpc) is 3.05. The summed E-state index contributed by atoms with van der Waals surface area (Å²) in [7, 11) is 1.65. The van der Waals surface area contributed by atoms with Crippen LogP contribution in [-0.4, -0.2) is 46.1 Å². The molecule has 26 heavy (non-hydrogen) atoms. The number of rotatable bonds is 11. The first-order valence-electron chi connectivity index (χ1n) is 9.81. The van der Waals surface area contributed by atoms with Gasteiger partial charge in [0.15, 0.2) is 10.8 Å². The van der Waals surface area contributed by atoms with Gasteiger partial charge in [-0.25, -0.2) is 0 Å². The number of thiol groups is 1. The molecule has 0 aromatic carbocycles. The van der Waals surface area contributed by atoms with Crippen LogP contribution >= 0.6 is 12.6 Å². The van der Waals surface area contributed by atoms with Gasteiger partial charge in [-0.3, -0.25) is 9.79 Å². The van der Waals surface area contributed by atoms with Crippen molar-refractivity contribution in [1.82, 2.24) is 0 Å². The van der Waals surface area contributed by atoms with Crippen LogP contribution in [-0.2, 0) is 9.53 Å². The predicted molar refractivity (Wildman–Crippen MR) is 107 cm³/mol. The smallest absolute Gasteiger partial charge is 0.185 e. The largest absolute Gasteiger partial charge is 0.392 e. The summed E-state index contributed by atoms with van der Waals surface area (Å²) in [5.41, 5.74) is 0.391. The Balaban J connectivity index is 1.97. The summed E-state index contributed by atoms with van der Waals surface area (Å²) in [5.74, 6) is 0.0202. The zero-order valence-electron chi connectivity index (χ0n) is 15.9. The number of fused-ring (bicyclic) bond motifs is 1. The fourth-order valence-electron chi connectivity index (χ4n) is 4.25. The van der Waals surface area contributed by atoms with Gasteiger partial charge in [-0.05, 0) is 25.7 Å². The van der Waals surface area contributed by atoms with Gasteiger partial charge in [-0.15, -0.1) is 12.6 Å². The van der Waals surface area contributed by atoms with Gasteiger partial charge in [0, 0.05) is 37.5 Å². The van der Waals surface area contributed by atoms with Crippen LogP contribution in [0.2, 0.25) is 0 Å². The highest BCUT2D eigenvalue weighted by atomic mass is 32.1. The standard InChI is InChI=1S/C20H33NO4S/c1-3-4-5-8-15(22)10-11-16-17-12-14(7-6-9-19(24)26)21-20(17,25-2)13-18(16)23/h10-11,15-18,22-23H,3-9,12-13H2,1-2H3,(H,24,26). The molecule has 0 aromatic rings. The fourth-order valence-corrected chi connectivity index (χ4v) is 4.41. The van der Waals surface area contributed by atoms with Gasteiger partial charge in [0.2, 0.25) is 0 Å². The molecule has 1 aliphatic carbocycles. The second-order valence-electron chi connectivity index (χ2n) is 7.58. The quantitative estimate of drug-likeness (QED) is 0.291. The van der Waals surface area contributed by atoms with E-state index < -0.39 is 17.9 Å². The van der Waals surface area contributed by atoms with Crippen molar-refractivity contribution >= 4 is 23.5 Å². The molecule has 148 valence electrons. The average molecular weight is 384 g/mol. The van der Waals surface area contributed by atoms with E-state index in [-0.39, 0.29) is 17.0 Å². The first-order chi connectivity index (χ1) is 12.4. The lowest BCUT2D eigenvalue weighted by Crippen LogP contribution is -2.31. The van der Waals surface area contributed by atoms with Crippen LogP contribution in [0.3, 0.4) is 0 Å². The van der Waals surface area contributed by atoms with Crippen molar-refractivity contribution in [3.05, 3.63) is 12.2 Å². The number of aliphatic hydroxyl groups excluding tert-OH is 2. The van der Waals surface area contributed by atoms with Crippen molar-refractivity contribution in [2.45, 2.75) is 82.6 Å². The van der Waals surface area contributed by atoms with Gasteiger partial charge < -0.3 is 14.9 Å². The van der Waals surface area contributed by atoms with Crippen LogP contribution in [0, 0.1) is 11.8 Å². The third-order valence-electron chi connectivity index (χ3n) is 5.66. The van der Waals surface area contributed by atoms with E-state index in [9.17, 15) is 15.0 Å². The molecular weight excluding hydrogens is 350 g/mol. The molecule has 5 nitrogen and oxygen atoms in total. The molecule has 5 unspecified atom stereocenters. The minimum atomic E-state index is -0.665. The molecule has 0 saturated heterocycles. The third-order valence-corrected chi connectivity index (χ3v) is 5.88. The maximum atomic E-state index is 11.0. The van der Waals surface area contributed by atoms with Gasteiger partial charge in [0.1, 0.15) is 0 Å². The molecule has 0 spiro atoms. The van der Waals surface area contributed by atoms with Crippen molar-refractivity contribution in [3.63, 3.8) is 0 Å². The Hall–Kier alpha value is -0.690. The molecular formula is C20H33NO4S. The topological polar surface area (TPSA) is 79.1 Å². The Bertz CT molecular complexity index is 536. The second kappa shape index (κ2) is 10.0.